The topological polar surface area (TPSA) is 149 Å². The number of nitrogens with zero attached hydrogens (tertiary/aromatic N) is 5. The van der Waals surface area contributed by atoms with Crippen molar-refractivity contribution < 1.29 is 15.0 Å². The third-order valence-electron chi connectivity index (χ3n) is 5.57. The highest BCUT2D eigenvalue weighted by Gasteiger charge is 2.27. The first kappa shape index (κ1) is 22.4. The van der Waals surface area contributed by atoms with Gasteiger partial charge in [0.25, 0.3) is 0 Å². The normalized spacial score (nSPS) is 18.5. The van der Waals surface area contributed by atoms with Gasteiger partial charge in [0.15, 0.2) is 5.65 Å². The van der Waals surface area contributed by atoms with Crippen LogP contribution in [0.3, 0.4) is 0 Å². The van der Waals surface area contributed by atoms with Gasteiger partial charge in [0.1, 0.15) is 11.3 Å². The third-order valence-corrected chi connectivity index (χ3v) is 6.84. The van der Waals surface area contributed by atoms with Crippen LogP contribution in [-0.4, -0.2) is 80.8 Å². The molecular formula is C20H30N8O3S. The van der Waals surface area contributed by atoms with Gasteiger partial charge in [-0.3, -0.25) is 0 Å². The summed E-state index contributed by atoms with van der Waals surface area (Å²) in [6, 6.07) is 1.57. The van der Waals surface area contributed by atoms with Gasteiger partial charge in [0.05, 0.1) is 36.4 Å². The average molecular weight is 463 g/mol. The van der Waals surface area contributed by atoms with Crippen molar-refractivity contribution in [2.24, 2.45) is 0 Å². The molecule has 0 amide bonds. The summed E-state index contributed by atoms with van der Waals surface area (Å²) in [6.07, 6.45) is 8.62. The number of sulfonamides is 1. The molecule has 4 rings (SSSR count). The quantitative estimate of drug-likeness (QED) is 0.392. The average Bonchev–Trinajstić information content (AvgIpc) is 3.25. The molecule has 1 aliphatic rings. The van der Waals surface area contributed by atoms with Crippen LogP contribution in [0, 0.1) is 0 Å². The van der Waals surface area contributed by atoms with Gasteiger partial charge in [-0.15, -0.1) is 0 Å². The fraction of sp³-hybridized carbons (Fsp3) is 0.500. The van der Waals surface area contributed by atoms with Crippen molar-refractivity contribution in [2.75, 3.05) is 36.6 Å². The van der Waals surface area contributed by atoms with E-state index in [0.717, 1.165) is 18.4 Å². The molecule has 1 aliphatic heterocycles. The molecule has 0 aliphatic carbocycles. The summed E-state index contributed by atoms with van der Waals surface area (Å²) in [5.74, 6) is 0.920. The SMILES string of the molecule is CC[C@@H](CO)Nc1ncc(-c2cnc3[nH]ccc3n2)c(N[C@H]2CCCN(S(C)(=O)=O)C2)n1.[HH]. The van der Waals surface area contributed by atoms with Gasteiger partial charge in [-0.2, -0.15) is 4.98 Å². The maximum Gasteiger partial charge on any atom is 0.224 e. The Balaban J connectivity index is 0.00000306. The zero-order valence-corrected chi connectivity index (χ0v) is 18.9. The number of aromatic nitrogens is 5. The van der Waals surface area contributed by atoms with E-state index in [9.17, 15) is 13.5 Å². The van der Waals surface area contributed by atoms with E-state index < -0.39 is 10.0 Å². The molecule has 0 radical (unpaired) electrons. The highest BCUT2D eigenvalue weighted by Crippen LogP contribution is 2.28. The molecule has 12 heteroatoms. The second kappa shape index (κ2) is 9.35. The minimum Gasteiger partial charge on any atom is -0.394 e. The Morgan fingerprint density at radius 1 is 1.34 bits per heavy atom. The highest BCUT2D eigenvalue weighted by molar-refractivity contribution is 7.88. The summed E-state index contributed by atoms with van der Waals surface area (Å²) in [5, 5.41) is 16.1. The minimum atomic E-state index is -3.27. The van der Waals surface area contributed by atoms with Crippen molar-refractivity contribution in [3.05, 3.63) is 24.7 Å². The Morgan fingerprint density at radius 3 is 2.94 bits per heavy atom. The molecule has 1 saturated heterocycles. The molecule has 0 aromatic carbocycles. The van der Waals surface area contributed by atoms with E-state index in [2.05, 4.69) is 35.6 Å². The van der Waals surface area contributed by atoms with Gasteiger partial charge < -0.3 is 20.7 Å². The maximum atomic E-state index is 12.0. The molecule has 32 heavy (non-hydrogen) atoms. The van der Waals surface area contributed by atoms with Crippen LogP contribution in [0.1, 0.15) is 27.6 Å². The van der Waals surface area contributed by atoms with Crippen LogP contribution in [0.4, 0.5) is 11.8 Å². The standard InChI is InChI=1S/C20H28N8O3S.H2/c1-3-13(12-29)25-20-23-9-15(17-10-22-19-16(26-17)6-7-21-19)18(27-20)24-14-5-4-8-28(11-14)32(2,30)31;/h6-7,9-10,13-14,29H,3-5,8,11-12H2,1-2H3,(H,21,22)(H2,23,24,25,27);1H/t13-,14-;/m0./s1. The Labute approximate surface area is 188 Å². The molecule has 3 aromatic heterocycles. The summed E-state index contributed by atoms with van der Waals surface area (Å²) >= 11 is 0. The lowest BCUT2D eigenvalue weighted by Gasteiger charge is -2.32. The Morgan fingerprint density at radius 2 is 2.19 bits per heavy atom. The van der Waals surface area contributed by atoms with Gasteiger partial charge in [0.2, 0.25) is 16.0 Å². The molecule has 0 bridgehead atoms. The molecule has 2 atom stereocenters. The van der Waals surface area contributed by atoms with Crippen LogP contribution in [0.15, 0.2) is 24.7 Å². The summed E-state index contributed by atoms with van der Waals surface area (Å²) in [4.78, 5) is 21.1. The zero-order valence-electron chi connectivity index (χ0n) is 18.1. The van der Waals surface area contributed by atoms with E-state index in [0.29, 0.717) is 48.2 Å². The first-order valence-corrected chi connectivity index (χ1v) is 12.5. The van der Waals surface area contributed by atoms with E-state index in [1.807, 2.05) is 13.0 Å². The van der Waals surface area contributed by atoms with Crippen molar-refractivity contribution in [3.8, 4) is 11.3 Å². The molecule has 1 fully saturated rings. The minimum absolute atomic E-state index is 0. The number of aliphatic hydroxyl groups is 1. The van der Waals surface area contributed by atoms with Crippen molar-refractivity contribution >= 4 is 33.0 Å². The van der Waals surface area contributed by atoms with Crippen LogP contribution >= 0.6 is 0 Å². The van der Waals surface area contributed by atoms with E-state index in [1.165, 1.54) is 10.6 Å². The lowest BCUT2D eigenvalue weighted by Crippen LogP contribution is -2.44. The van der Waals surface area contributed by atoms with Crippen molar-refractivity contribution in [1.29, 1.82) is 0 Å². The number of aromatic amines is 1. The van der Waals surface area contributed by atoms with E-state index >= 15 is 0 Å². The first-order valence-electron chi connectivity index (χ1n) is 10.6. The van der Waals surface area contributed by atoms with Crippen LogP contribution in [0.5, 0.6) is 0 Å². The summed E-state index contributed by atoms with van der Waals surface area (Å²) in [7, 11) is -3.27. The van der Waals surface area contributed by atoms with Crippen molar-refractivity contribution in [1.82, 2.24) is 29.2 Å². The molecule has 174 valence electrons. The number of H-pyrrole nitrogens is 1. The molecule has 3 aromatic rings. The smallest absolute Gasteiger partial charge is 0.224 e. The number of hydrogen-bond donors (Lipinski definition) is 4. The molecule has 11 nitrogen and oxygen atoms in total. The fourth-order valence-corrected chi connectivity index (χ4v) is 4.63. The number of fused-ring (bicyclic) bond motifs is 1. The number of nitrogens with one attached hydrogen (secondary N) is 3. The van der Waals surface area contributed by atoms with Gasteiger partial charge in [-0.05, 0) is 25.3 Å². The predicted octanol–water partition coefficient (Wildman–Crippen LogP) is 1.68. The number of piperidine rings is 1. The molecule has 4 heterocycles. The molecular weight excluding hydrogens is 432 g/mol. The third kappa shape index (κ3) is 4.97. The Kier molecular flexibility index (Phi) is 6.53. The first-order chi connectivity index (χ1) is 15.4. The van der Waals surface area contributed by atoms with Gasteiger partial charge in [-0.25, -0.2) is 27.7 Å². The van der Waals surface area contributed by atoms with Crippen LogP contribution in [-0.2, 0) is 10.0 Å². The predicted molar refractivity (Wildman–Crippen MR) is 125 cm³/mol. The number of aliphatic hydroxyl groups excluding tert-OH is 1. The van der Waals surface area contributed by atoms with Gasteiger partial charge in [-0.1, -0.05) is 6.92 Å². The lowest BCUT2D eigenvalue weighted by atomic mass is 10.1. The largest absolute Gasteiger partial charge is 0.394 e. The van der Waals surface area contributed by atoms with Crippen LogP contribution < -0.4 is 10.6 Å². The van der Waals surface area contributed by atoms with Crippen LogP contribution in [0.2, 0.25) is 0 Å². The maximum absolute atomic E-state index is 12.0. The van der Waals surface area contributed by atoms with Crippen LogP contribution in [0.25, 0.3) is 22.4 Å². The van der Waals surface area contributed by atoms with Gasteiger partial charge >= 0.3 is 0 Å². The summed E-state index contributed by atoms with van der Waals surface area (Å²) < 4.78 is 25.5. The molecule has 4 N–H and O–H groups in total. The zero-order chi connectivity index (χ0) is 22.7. The fourth-order valence-electron chi connectivity index (χ4n) is 3.72. The van der Waals surface area contributed by atoms with E-state index in [-0.39, 0.29) is 20.1 Å². The molecule has 0 spiro atoms. The monoisotopic (exact) mass is 462 g/mol. The second-order valence-corrected chi connectivity index (χ2v) is 9.94. The Bertz CT molecular complexity index is 1190. The van der Waals surface area contributed by atoms with Crippen molar-refractivity contribution in [3.63, 3.8) is 0 Å². The number of anilines is 2. The molecule has 0 saturated carbocycles. The highest BCUT2D eigenvalue weighted by atomic mass is 32.2. The number of hydrogen-bond acceptors (Lipinski definition) is 9. The second-order valence-electron chi connectivity index (χ2n) is 7.96. The van der Waals surface area contributed by atoms with Crippen molar-refractivity contribution in [2.45, 2.75) is 38.3 Å². The molecule has 0 unspecified atom stereocenters. The summed E-state index contributed by atoms with van der Waals surface area (Å²) in [6.45, 7) is 2.81. The van der Waals surface area contributed by atoms with E-state index in [4.69, 9.17) is 0 Å². The summed E-state index contributed by atoms with van der Waals surface area (Å²) in [5.41, 5.74) is 2.69. The van der Waals surface area contributed by atoms with Gasteiger partial charge in [0, 0.05) is 33.0 Å². The van der Waals surface area contributed by atoms with E-state index in [1.54, 1.807) is 18.6 Å². The Hall–Kier alpha value is -2.83. The lowest BCUT2D eigenvalue weighted by molar-refractivity contribution is 0.271. The number of rotatable bonds is 8.